The molecule has 2 aliphatic rings. The third-order valence-electron chi connectivity index (χ3n) is 6.47. The molecule has 0 saturated heterocycles. The molecule has 3 nitrogen and oxygen atoms in total. The quantitative estimate of drug-likeness (QED) is 0.549. The minimum Gasteiger partial charge on any atom is -0.466 e. The summed E-state index contributed by atoms with van der Waals surface area (Å²) in [6, 6.07) is 3.52. The first-order chi connectivity index (χ1) is 13.2. The lowest BCUT2D eigenvalue weighted by Gasteiger charge is -2.26. The van der Waals surface area contributed by atoms with Crippen molar-refractivity contribution in [3.8, 4) is 0 Å². The lowest BCUT2D eigenvalue weighted by molar-refractivity contribution is -0.136. The van der Waals surface area contributed by atoms with Gasteiger partial charge in [-0.2, -0.15) is 0 Å². The smallest absolute Gasteiger partial charge is 0.333 e. The maximum Gasteiger partial charge on any atom is 0.333 e. The van der Waals surface area contributed by atoms with Crippen molar-refractivity contribution in [3.05, 3.63) is 58.7 Å². The molecule has 0 radical (unpaired) electrons. The monoisotopic (exact) mass is 388 g/mol. The van der Waals surface area contributed by atoms with Crippen LogP contribution < -0.4 is 0 Å². The molecule has 0 spiro atoms. The van der Waals surface area contributed by atoms with Crippen molar-refractivity contribution in [1.29, 1.82) is 0 Å². The van der Waals surface area contributed by atoms with Gasteiger partial charge in [-0.05, 0) is 67.6 Å². The minimum atomic E-state index is -0.624. The summed E-state index contributed by atoms with van der Waals surface area (Å²) in [6.45, 7) is 7.84. The van der Waals surface area contributed by atoms with Crippen molar-refractivity contribution in [2.24, 2.45) is 23.7 Å². The van der Waals surface area contributed by atoms with Gasteiger partial charge in [-0.1, -0.05) is 25.1 Å². The largest absolute Gasteiger partial charge is 0.466 e. The zero-order chi connectivity index (χ0) is 20.6. The van der Waals surface area contributed by atoms with Crippen LogP contribution in [0.1, 0.15) is 38.7 Å². The fourth-order valence-corrected chi connectivity index (χ4v) is 4.87. The van der Waals surface area contributed by atoms with Crippen molar-refractivity contribution in [3.63, 3.8) is 0 Å². The van der Waals surface area contributed by atoms with Crippen LogP contribution in [0.3, 0.4) is 0 Å². The van der Waals surface area contributed by atoms with E-state index in [0.717, 1.165) is 24.5 Å². The van der Waals surface area contributed by atoms with Crippen LogP contribution in [0.5, 0.6) is 0 Å². The van der Waals surface area contributed by atoms with Crippen molar-refractivity contribution in [2.45, 2.75) is 39.5 Å². The molecule has 3 rings (SSSR count). The van der Waals surface area contributed by atoms with Gasteiger partial charge >= 0.3 is 5.97 Å². The third kappa shape index (κ3) is 3.67. The van der Waals surface area contributed by atoms with Crippen molar-refractivity contribution < 1.29 is 23.1 Å². The molecule has 1 aromatic rings. The first-order valence-corrected chi connectivity index (χ1v) is 9.69. The molecule has 0 aromatic heterocycles. The first-order valence-electron chi connectivity index (χ1n) is 9.69. The molecule has 0 aliphatic heterocycles. The molecule has 1 saturated carbocycles. The Kier molecular flexibility index (Phi) is 5.82. The molecule has 1 fully saturated rings. The fraction of sp³-hybridized carbons (Fsp3) is 0.478. The number of rotatable bonds is 4. The zero-order valence-electron chi connectivity index (χ0n) is 16.6. The number of methoxy groups -OCH3 is 1. The Bertz CT molecular complexity index is 855. The van der Waals surface area contributed by atoms with Gasteiger partial charge in [0.15, 0.2) is 5.78 Å². The van der Waals surface area contributed by atoms with Crippen LogP contribution in [-0.4, -0.2) is 18.9 Å². The standard InChI is InChI=1S/C23H26F2O3/c1-12-5-6-15(13(2)23(27)28-4)9-18-14(3)22(26)19(21(12)18)10-16-7-8-17(24)11-20(16)25/h7-8,11-12,15,19,21H,2,5-6,9-10H2,1,3-4H3/t12-,15+,19?,21-/m0/s1. The van der Waals surface area contributed by atoms with E-state index in [1.54, 1.807) is 0 Å². The second-order valence-corrected chi connectivity index (χ2v) is 8.06. The lowest BCUT2D eigenvalue weighted by Crippen LogP contribution is -2.25. The van der Waals surface area contributed by atoms with Crippen molar-refractivity contribution in [2.75, 3.05) is 7.11 Å². The molecule has 1 unspecified atom stereocenters. The fourth-order valence-electron chi connectivity index (χ4n) is 4.87. The summed E-state index contributed by atoms with van der Waals surface area (Å²) >= 11 is 0. The zero-order valence-corrected chi connectivity index (χ0v) is 16.6. The number of allylic oxidation sites excluding steroid dienone is 2. The summed E-state index contributed by atoms with van der Waals surface area (Å²) in [7, 11) is 1.34. The van der Waals surface area contributed by atoms with Gasteiger partial charge in [0.1, 0.15) is 11.6 Å². The van der Waals surface area contributed by atoms with Gasteiger partial charge in [-0.15, -0.1) is 0 Å². The van der Waals surface area contributed by atoms with Gasteiger partial charge in [0.25, 0.3) is 0 Å². The highest BCUT2D eigenvalue weighted by Gasteiger charge is 2.45. The van der Waals surface area contributed by atoms with E-state index in [1.165, 1.54) is 19.2 Å². The molecule has 0 N–H and O–H groups in total. The number of hydrogen-bond acceptors (Lipinski definition) is 3. The maximum absolute atomic E-state index is 14.2. The molecule has 28 heavy (non-hydrogen) atoms. The highest BCUT2D eigenvalue weighted by atomic mass is 19.1. The molecule has 0 heterocycles. The highest BCUT2D eigenvalue weighted by molar-refractivity contribution is 6.01. The van der Waals surface area contributed by atoms with Crippen LogP contribution in [0.2, 0.25) is 0 Å². The summed E-state index contributed by atoms with van der Waals surface area (Å²) in [4.78, 5) is 24.9. The van der Waals surface area contributed by atoms with Crippen LogP contribution in [0.25, 0.3) is 0 Å². The van der Waals surface area contributed by atoms with Gasteiger partial charge in [0.2, 0.25) is 0 Å². The number of ether oxygens (including phenoxy) is 1. The number of carbonyl (C=O) groups excluding carboxylic acids is 2. The molecule has 2 aliphatic carbocycles. The Morgan fingerprint density at radius 3 is 2.64 bits per heavy atom. The second kappa shape index (κ2) is 7.98. The van der Waals surface area contributed by atoms with Crippen molar-refractivity contribution in [1.82, 2.24) is 0 Å². The van der Waals surface area contributed by atoms with Crippen LogP contribution in [0, 0.1) is 35.3 Å². The topological polar surface area (TPSA) is 43.4 Å². The average Bonchev–Trinajstić information content (AvgIpc) is 2.80. The van der Waals surface area contributed by atoms with Gasteiger partial charge < -0.3 is 4.74 Å². The van der Waals surface area contributed by atoms with Gasteiger partial charge in [0.05, 0.1) is 7.11 Å². The summed E-state index contributed by atoms with van der Waals surface area (Å²) in [5.41, 5.74) is 2.57. The van der Waals surface area contributed by atoms with E-state index in [1.807, 2.05) is 6.92 Å². The number of carbonyl (C=O) groups is 2. The van der Waals surface area contributed by atoms with E-state index in [-0.39, 0.29) is 35.9 Å². The molecular weight excluding hydrogens is 362 g/mol. The van der Waals surface area contributed by atoms with E-state index in [2.05, 4.69) is 13.5 Å². The predicted octanol–water partition coefficient (Wildman–Crippen LogP) is 4.80. The molecule has 0 bridgehead atoms. The number of halogens is 2. The highest BCUT2D eigenvalue weighted by Crippen LogP contribution is 2.49. The van der Waals surface area contributed by atoms with Gasteiger partial charge in [-0.3, -0.25) is 4.79 Å². The SMILES string of the molecule is C=C(C(=O)OC)[C@@H]1CC[C@H](C)[C@H]2C(=C(C)C(=O)C2Cc2ccc(F)cc2F)C1. The summed E-state index contributed by atoms with van der Waals surface area (Å²) in [5.74, 6) is -1.80. The second-order valence-electron chi connectivity index (χ2n) is 8.06. The Hall–Kier alpha value is -2.30. The Balaban J connectivity index is 1.89. The van der Waals surface area contributed by atoms with Crippen LogP contribution in [0.4, 0.5) is 8.78 Å². The molecule has 1 aromatic carbocycles. The Labute approximate surface area is 164 Å². The van der Waals surface area contributed by atoms with E-state index in [4.69, 9.17) is 4.74 Å². The number of hydrogen-bond donors (Lipinski definition) is 0. The van der Waals surface area contributed by atoms with Gasteiger partial charge in [-0.25, -0.2) is 13.6 Å². The van der Waals surface area contributed by atoms with E-state index < -0.39 is 17.6 Å². The van der Waals surface area contributed by atoms with Crippen molar-refractivity contribution >= 4 is 11.8 Å². The van der Waals surface area contributed by atoms with Crippen LogP contribution in [0.15, 0.2) is 41.5 Å². The molecule has 0 amide bonds. The number of Topliss-reactive ketones (excluding diaryl/α,β-unsaturated/α-hetero) is 1. The number of esters is 1. The predicted molar refractivity (Wildman–Crippen MR) is 102 cm³/mol. The minimum absolute atomic E-state index is 0.00685. The normalized spacial score (nSPS) is 27.4. The molecular formula is C23H26F2O3. The third-order valence-corrected chi connectivity index (χ3v) is 6.47. The first kappa shape index (κ1) is 20.4. The van der Waals surface area contributed by atoms with Crippen LogP contribution in [-0.2, 0) is 20.7 Å². The summed E-state index contributed by atoms with van der Waals surface area (Å²) in [6.07, 6.45) is 2.50. The van der Waals surface area contributed by atoms with E-state index in [0.29, 0.717) is 23.1 Å². The average molecular weight is 388 g/mol. The summed E-state index contributed by atoms with van der Waals surface area (Å²) in [5, 5.41) is 0. The molecule has 5 heteroatoms. The summed E-state index contributed by atoms with van der Waals surface area (Å²) < 4.78 is 32.3. The lowest BCUT2D eigenvalue weighted by atomic mass is 9.77. The maximum atomic E-state index is 14.2. The van der Waals surface area contributed by atoms with Crippen LogP contribution >= 0.6 is 0 Å². The van der Waals surface area contributed by atoms with E-state index in [9.17, 15) is 18.4 Å². The Morgan fingerprint density at radius 1 is 1.29 bits per heavy atom. The number of fused-ring (bicyclic) bond motifs is 1. The molecule has 4 atom stereocenters. The number of benzene rings is 1. The van der Waals surface area contributed by atoms with Gasteiger partial charge in [0, 0.05) is 17.6 Å². The van der Waals surface area contributed by atoms with E-state index >= 15 is 0 Å². The molecule has 150 valence electrons. The number of ketones is 1. The Morgan fingerprint density at radius 2 is 2.00 bits per heavy atom.